The van der Waals surface area contributed by atoms with Crippen LogP contribution in [0.2, 0.25) is 0 Å². The summed E-state index contributed by atoms with van der Waals surface area (Å²) < 4.78 is 38.6. The molecule has 1 heterocycles. The van der Waals surface area contributed by atoms with Crippen molar-refractivity contribution in [3.8, 4) is 0 Å². The highest BCUT2D eigenvalue weighted by Crippen LogP contribution is 2.16. The largest absolute Gasteiger partial charge is 0.401 e. The van der Waals surface area contributed by atoms with E-state index in [2.05, 4.69) is 15.6 Å². The van der Waals surface area contributed by atoms with Gasteiger partial charge in [-0.1, -0.05) is 12.1 Å². The standard InChI is InChI=1S/C13H24F3N5/c1-5-20(10-13(14,15)16)6-7-21-9-11(18-19-21)8-17-12(2,3)4/h9,17H,5-8,10H2,1-4H3. The highest BCUT2D eigenvalue weighted by Gasteiger charge is 2.29. The zero-order valence-electron chi connectivity index (χ0n) is 13.0. The zero-order chi connectivity index (χ0) is 16.1. The minimum Gasteiger partial charge on any atom is -0.306 e. The Hall–Kier alpha value is -1.15. The van der Waals surface area contributed by atoms with Gasteiger partial charge in [-0.05, 0) is 27.3 Å². The molecule has 122 valence electrons. The lowest BCUT2D eigenvalue weighted by atomic mass is 10.1. The molecule has 21 heavy (non-hydrogen) atoms. The number of alkyl halides is 3. The van der Waals surface area contributed by atoms with Crippen LogP contribution in [0.4, 0.5) is 13.2 Å². The molecular formula is C13H24F3N5. The minimum atomic E-state index is -4.17. The summed E-state index contributed by atoms with van der Waals surface area (Å²) in [7, 11) is 0. The molecule has 0 radical (unpaired) electrons. The summed E-state index contributed by atoms with van der Waals surface area (Å²) in [5, 5.41) is 11.2. The summed E-state index contributed by atoms with van der Waals surface area (Å²) in [6.45, 7) is 8.60. The fourth-order valence-corrected chi connectivity index (χ4v) is 1.73. The second-order valence-corrected chi connectivity index (χ2v) is 6.06. The van der Waals surface area contributed by atoms with Crippen molar-refractivity contribution in [3.63, 3.8) is 0 Å². The van der Waals surface area contributed by atoms with Gasteiger partial charge in [-0.25, -0.2) is 0 Å². The molecule has 0 amide bonds. The predicted octanol–water partition coefficient (Wildman–Crippen LogP) is 2.05. The normalized spacial score (nSPS) is 13.1. The molecule has 1 aromatic rings. The lowest BCUT2D eigenvalue weighted by Gasteiger charge is -2.21. The molecule has 0 atom stereocenters. The molecule has 5 nitrogen and oxygen atoms in total. The molecule has 0 aliphatic carbocycles. The third kappa shape index (κ3) is 8.01. The Morgan fingerprint density at radius 2 is 1.95 bits per heavy atom. The van der Waals surface area contributed by atoms with Gasteiger partial charge in [0.2, 0.25) is 0 Å². The number of hydrogen-bond donors (Lipinski definition) is 1. The van der Waals surface area contributed by atoms with Crippen molar-refractivity contribution in [1.82, 2.24) is 25.2 Å². The minimum absolute atomic E-state index is 0.0184. The van der Waals surface area contributed by atoms with E-state index in [4.69, 9.17) is 0 Å². The lowest BCUT2D eigenvalue weighted by molar-refractivity contribution is -0.145. The van der Waals surface area contributed by atoms with Crippen LogP contribution in [0.1, 0.15) is 33.4 Å². The van der Waals surface area contributed by atoms with E-state index in [1.807, 2.05) is 20.8 Å². The molecule has 0 spiro atoms. The Morgan fingerprint density at radius 3 is 2.48 bits per heavy atom. The Labute approximate surface area is 123 Å². The van der Waals surface area contributed by atoms with Gasteiger partial charge in [0.25, 0.3) is 0 Å². The molecule has 8 heteroatoms. The van der Waals surface area contributed by atoms with Crippen LogP contribution >= 0.6 is 0 Å². The van der Waals surface area contributed by atoms with E-state index in [1.165, 1.54) is 4.90 Å². The highest BCUT2D eigenvalue weighted by molar-refractivity contribution is 4.93. The van der Waals surface area contributed by atoms with Gasteiger partial charge >= 0.3 is 6.18 Å². The van der Waals surface area contributed by atoms with Crippen molar-refractivity contribution < 1.29 is 13.2 Å². The number of nitrogens with one attached hydrogen (secondary N) is 1. The molecular weight excluding hydrogens is 283 g/mol. The van der Waals surface area contributed by atoms with Crippen molar-refractivity contribution >= 4 is 0 Å². The van der Waals surface area contributed by atoms with Crippen LogP contribution < -0.4 is 5.32 Å². The van der Waals surface area contributed by atoms with Crippen LogP contribution in [0, 0.1) is 0 Å². The molecule has 0 aliphatic heterocycles. The number of aromatic nitrogens is 3. The second kappa shape index (κ2) is 7.22. The maximum absolute atomic E-state index is 12.4. The van der Waals surface area contributed by atoms with Gasteiger partial charge in [0.05, 0.1) is 18.8 Å². The molecule has 1 rings (SSSR count). The molecule has 0 fully saturated rings. The Morgan fingerprint density at radius 1 is 1.29 bits per heavy atom. The first-order valence-corrected chi connectivity index (χ1v) is 7.02. The van der Waals surface area contributed by atoms with Gasteiger partial charge in [0, 0.05) is 24.8 Å². The molecule has 1 N–H and O–H groups in total. The van der Waals surface area contributed by atoms with Gasteiger partial charge in [-0.3, -0.25) is 9.58 Å². The summed E-state index contributed by atoms with van der Waals surface area (Å²) in [6, 6.07) is 0. The van der Waals surface area contributed by atoms with Crippen LogP contribution in [0.5, 0.6) is 0 Å². The number of rotatable bonds is 7. The van der Waals surface area contributed by atoms with Crippen LogP contribution in [0.15, 0.2) is 6.20 Å². The molecule has 0 aromatic carbocycles. The van der Waals surface area contributed by atoms with Crippen LogP contribution in [0.3, 0.4) is 0 Å². The van der Waals surface area contributed by atoms with Crippen molar-refractivity contribution in [2.45, 2.75) is 52.5 Å². The van der Waals surface area contributed by atoms with Crippen LogP contribution in [0.25, 0.3) is 0 Å². The number of halogens is 3. The van der Waals surface area contributed by atoms with Crippen molar-refractivity contribution in [2.75, 3.05) is 19.6 Å². The average Bonchev–Trinajstić information content (AvgIpc) is 2.77. The summed E-state index contributed by atoms with van der Waals surface area (Å²) >= 11 is 0. The number of hydrogen-bond acceptors (Lipinski definition) is 4. The summed E-state index contributed by atoms with van der Waals surface area (Å²) in [5.41, 5.74) is 0.763. The van der Waals surface area contributed by atoms with Crippen LogP contribution in [-0.2, 0) is 13.1 Å². The monoisotopic (exact) mass is 307 g/mol. The molecule has 0 bridgehead atoms. The molecule has 0 aliphatic rings. The average molecular weight is 307 g/mol. The van der Waals surface area contributed by atoms with E-state index in [0.29, 0.717) is 26.2 Å². The first-order valence-electron chi connectivity index (χ1n) is 7.02. The fourth-order valence-electron chi connectivity index (χ4n) is 1.73. The number of nitrogens with zero attached hydrogens (tertiary/aromatic N) is 4. The van der Waals surface area contributed by atoms with Crippen molar-refractivity contribution in [2.24, 2.45) is 0 Å². The van der Waals surface area contributed by atoms with E-state index >= 15 is 0 Å². The second-order valence-electron chi connectivity index (χ2n) is 6.06. The Bertz CT molecular complexity index is 422. The molecule has 0 saturated carbocycles. The number of likely N-dealkylation sites (N-methyl/N-ethyl adjacent to an activating group) is 1. The van der Waals surface area contributed by atoms with E-state index in [1.54, 1.807) is 17.8 Å². The van der Waals surface area contributed by atoms with E-state index < -0.39 is 12.7 Å². The quantitative estimate of drug-likeness (QED) is 0.837. The molecule has 0 unspecified atom stereocenters. The highest BCUT2D eigenvalue weighted by atomic mass is 19.4. The first kappa shape index (κ1) is 17.9. The third-order valence-electron chi connectivity index (χ3n) is 2.88. The van der Waals surface area contributed by atoms with Gasteiger partial charge in [0.1, 0.15) is 0 Å². The van der Waals surface area contributed by atoms with Gasteiger partial charge in [-0.2, -0.15) is 13.2 Å². The van der Waals surface area contributed by atoms with E-state index in [0.717, 1.165) is 5.69 Å². The van der Waals surface area contributed by atoms with Gasteiger partial charge in [0.15, 0.2) is 0 Å². The zero-order valence-corrected chi connectivity index (χ0v) is 13.0. The molecule has 0 saturated heterocycles. The van der Waals surface area contributed by atoms with E-state index in [9.17, 15) is 13.2 Å². The topological polar surface area (TPSA) is 46.0 Å². The fraction of sp³-hybridized carbons (Fsp3) is 0.846. The van der Waals surface area contributed by atoms with Gasteiger partial charge < -0.3 is 5.32 Å². The van der Waals surface area contributed by atoms with Crippen LogP contribution in [-0.4, -0.2) is 51.2 Å². The Kier molecular flexibility index (Phi) is 6.15. The van der Waals surface area contributed by atoms with Crippen molar-refractivity contribution in [3.05, 3.63) is 11.9 Å². The summed E-state index contributed by atoms with van der Waals surface area (Å²) in [5.74, 6) is 0. The van der Waals surface area contributed by atoms with E-state index in [-0.39, 0.29) is 5.54 Å². The maximum atomic E-state index is 12.4. The SMILES string of the molecule is CCN(CCn1cc(CNC(C)(C)C)nn1)CC(F)(F)F. The summed E-state index contributed by atoms with van der Waals surface area (Å²) in [4.78, 5) is 1.34. The summed E-state index contributed by atoms with van der Waals surface area (Å²) in [6.07, 6.45) is -2.40. The van der Waals surface area contributed by atoms with Crippen molar-refractivity contribution in [1.29, 1.82) is 0 Å². The molecule has 1 aromatic heterocycles. The van der Waals surface area contributed by atoms with Gasteiger partial charge in [-0.15, -0.1) is 5.10 Å². The lowest BCUT2D eigenvalue weighted by Crippen LogP contribution is -2.36. The first-order chi connectivity index (χ1) is 9.59. The predicted molar refractivity (Wildman–Crippen MR) is 74.8 cm³/mol. The maximum Gasteiger partial charge on any atom is 0.401 e. The smallest absolute Gasteiger partial charge is 0.306 e. The third-order valence-corrected chi connectivity index (χ3v) is 2.88. The Balaban J connectivity index is 2.43.